The number of nitrogens with zero attached hydrogens (tertiary/aromatic N) is 6. The molecule has 0 bridgehead atoms. The van der Waals surface area contributed by atoms with Gasteiger partial charge in [-0.15, -0.1) is 10.2 Å². The van der Waals surface area contributed by atoms with Crippen LogP contribution in [0.25, 0.3) is 0 Å². The van der Waals surface area contributed by atoms with Crippen LogP contribution in [0, 0.1) is 0 Å². The third-order valence-corrected chi connectivity index (χ3v) is 3.61. The molecule has 0 radical (unpaired) electrons. The van der Waals surface area contributed by atoms with Gasteiger partial charge in [0.05, 0.1) is 11.0 Å². The molecule has 7 nitrogen and oxygen atoms in total. The summed E-state index contributed by atoms with van der Waals surface area (Å²) in [5.74, 6) is -0.127. The van der Waals surface area contributed by atoms with E-state index in [2.05, 4.69) is 36.1 Å². The zero-order valence-corrected chi connectivity index (χ0v) is 12.1. The molecule has 0 aromatic carbocycles. The van der Waals surface area contributed by atoms with Crippen molar-refractivity contribution in [2.45, 2.75) is 19.3 Å². The first-order valence-electron chi connectivity index (χ1n) is 5.88. The summed E-state index contributed by atoms with van der Waals surface area (Å²) in [5, 5.41) is 6.84. The normalized spacial score (nSPS) is 15.1. The molecule has 1 aliphatic heterocycles. The monoisotopic (exact) mass is 363 g/mol. The number of rotatable bonds is 1. The van der Waals surface area contributed by atoms with Crippen molar-refractivity contribution in [3.63, 3.8) is 0 Å². The quantitative estimate of drug-likeness (QED) is 0.825. The third kappa shape index (κ3) is 2.52. The lowest BCUT2D eigenvalue weighted by molar-refractivity contribution is -0.147. The molecule has 3 heterocycles. The minimum absolute atomic E-state index is 0.0937. The van der Waals surface area contributed by atoms with Crippen LogP contribution in [0.15, 0.2) is 10.7 Å². The Labute approximate surface area is 125 Å². The van der Waals surface area contributed by atoms with Gasteiger partial charge in [0.25, 0.3) is 0 Å². The van der Waals surface area contributed by atoms with Crippen LogP contribution in [0.1, 0.15) is 11.6 Å². The predicted octanol–water partition coefficient (Wildman–Crippen LogP) is 1.45. The smallest absolute Gasteiger partial charge is 0.368 e. The SMILES string of the molecule is Nc1ncc(Br)c(N2CCn3c(nnc3C(F)(F)F)C2)n1. The minimum atomic E-state index is -4.51. The molecule has 0 saturated carbocycles. The first-order valence-corrected chi connectivity index (χ1v) is 6.68. The zero-order valence-electron chi connectivity index (χ0n) is 10.5. The van der Waals surface area contributed by atoms with E-state index in [0.717, 1.165) is 4.57 Å². The maximum absolute atomic E-state index is 12.8. The van der Waals surface area contributed by atoms with Gasteiger partial charge in [-0.05, 0) is 15.9 Å². The van der Waals surface area contributed by atoms with Crippen LogP contribution in [0.4, 0.5) is 24.9 Å². The maximum Gasteiger partial charge on any atom is 0.451 e. The second-order valence-corrected chi connectivity index (χ2v) is 5.26. The summed E-state index contributed by atoms with van der Waals surface area (Å²) in [5.41, 5.74) is 5.54. The highest BCUT2D eigenvalue weighted by atomic mass is 79.9. The van der Waals surface area contributed by atoms with E-state index in [1.165, 1.54) is 6.20 Å². The lowest BCUT2D eigenvalue weighted by atomic mass is 10.3. The Kier molecular flexibility index (Phi) is 3.23. The van der Waals surface area contributed by atoms with E-state index in [0.29, 0.717) is 16.8 Å². The maximum atomic E-state index is 12.8. The van der Waals surface area contributed by atoms with Gasteiger partial charge in [0.15, 0.2) is 5.82 Å². The number of nitrogens with two attached hydrogens (primary N) is 1. The molecule has 0 fully saturated rings. The fourth-order valence-corrected chi connectivity index (χ4v) is 2.58. The summed E-state index contributed by atoms with van der Waals surface area (Å²) >= 11 is 3.30. The van der Waals surface area contributed by atoms with Gasteiger partial charge in [-0.2, -0.15) is 18.2 Å². The van der Waals surface area contributed by atoms with Gasteiger partial charge >= 0.3 is 6.18 Å². The Bertz CT molecular complexity index is 684. The fraction of sp³-hybridized carbons (Fsp3) is 0.400. The van der Waals surface area contributed by atoms with Crippen LogP contribution in [0.2, 0.25) is 0 Å². The Morgan fingerprint density at radius 3 is 2.71 bits per heavy atom. The third-order valence-electron chi connectivity index (χ3n) is 3.05. The molecular formula is C10H9BrF3N7. The summed E-state index contributed by atoms with van der Waals surface area (Å²) in [6, 6.07) is 0. The standard InChI is InChI=1S/C10H9BrF3N7/c11-5-3-16-9(15)17-7(5)20-1-2-21-6(4-20)18-19-8(21)10(12,13)14/h3H,1-2,4H2,(H2,15,16,17). The van der Waals surface area contributed by atoms with E-state index in [-0.39, 0.29) is 24.9 Å². The highest BCUT2D eigenvalue weighted by Crippen LogP contribution is 2.31. The summed E-state index contributed by atoms with van der Waals surface area (Å²) in [6.45, 7) is 0.620. The van der Waals surface area contributed by atoms with Crippen LogP contribution < -0.4 is 10.6 Å². The summed E-state index contributed by atoms with van der Waals surface area (Å²) < 4.78 is 40.0. The first-order chi connectivity index (χ1) is 9.86. The predicted molar refractivity (Wildman–Crippen MR) is 70.2 cm³/mol. The molecule has 0 amide bonds. The zero-order chi connectivity index (χ0) is 15.2. The average Bonchev–Trinajstić information content (AvgIpc) is 2.84. The van der Waals surface area contributed by atoms with Crippen molar-refractivity contribution in [2.75, 3.05) is 17.2 Å². The minimum Gasteiger partial charge on any atom is -0.368 e. The van der Waals surface area contributed by atoms with E-state index in [1.807, 2.05) is 0 Å². The lowest BCUT2D eigenvalue weighted by Crippen LogP contribution is -2.36. The molecule has 3 rings (SSSR count). The molecule has 2 aromatic heterocycles. The molecule has 0 atom stereocenters. The van der Waals surface area contributed by atoms with Gasteiger partial charge in [-0.1, -0.05) is 0 Å². The number of anilines is 2. The molecule has 21 heavy (non-hydrogen) atoms. The van der Waals surface area contributed by atoms with Gasteiger partial charge in [-0.3, -0.25) is 0 Å². The molecule has 112 valence electrons. The fourth-order valence-electron chi connectivity index (χ4n) is 2.14. The molecule has 0 unspecified atom stereocenters. The lowest BCUT2D eigenvalue weighted by Gasteiger charge is -2.29. The number of halogens is 4. The van der Waals surface area contributed by atoms with Crippen molar-refractivity contribution in [1.82, 2.24) is 24.7 Å². The van der Waals surface area contributed by atoms with Gasteiger partial charge in [-0.25, -0.2) is 4.98 Å². The van der Waals surface area contributed by atoms with Crippen molar-refractivity contribution in [3.05, 3.63) is 22.3 Å². The summed E-state index contributed by atoms with van der Waals surface area (Å²) in [6.07, 6.45) is -3.01. The Morgan fingerprint density at radius 2 is 2.00 bits per heavy atom. The van der Waals surface area contributed by atoms with Crippen molar-refractivity contribution in [2.24, 2.45) is 0 Å². The van der Waals surface area contributed by atoms with Crippen molar-refractivity contribution >= 4 is 27.7 Å². The van der Waals surface area contributed by atoms with Crippen LogP contribution in [-0.2, 0) is 19.3 Å². The van der Waals surface area contributed by atoms with Crippen molar-refractivity contribution in [3.8, 4) is 0 Å². The van der Waals surface area contributed by atoms with Gasteiger partial charge in [0.2, 0.25) is 11.8 Å². The van der Waals surface area contributed by atoms with Crippen LogP contribution in [0.5, 0.6) is 0 Å². The van der Waals surface area contributed by atoms with Crippen LogP contribution in [0.3, 0.4) is 0 Å². The van der Waals surface area contributed by atoms with E-state index >= 15 is 0 Å². The first kappa shape index (κ1) is 14.0. The number of hydrogen-bond donors (Lipinski definition) is 1. The number of nitrogen functional groups attached to an aromatic ring is 1. The van der Waals surface area contributed by atoms with Gasteiger partial charge in [0, 0.05) is 19.3 Å². The molecule has 11 heteroatoms. The largest absolute Gasteiger partial charge is 0.451 e. The summed E-state index contributed by atoms with van der Waals surface area (Å²) in [4.78, 5) is 9.69. The molecule has 2 aromatic rings. The number of hydrogen-bond acceptors (Lipinski definition) is 6. The number of alkyl halides is 3. The van der Waals surface area contributed by atoms with Crippen LogP contribution in [-0.4, -0.2) is 31.3 Å². The van der Waals surface area contributed by atoms with Crippen molar-refractivity contribution < 1.29 is 13.2 Å². The highest BCUT2D eigenvalue weighted by molar-refractivity contribution is 9.10. The Hall–Kier alpha value is -1.91. The molecule has 0 spiro atoms. The van der Waals surface area contributed by atoms with Gasteiger partial charge < -0.3 is 15.2 Å². The molecule has 2 N–H and O–H groups in total. The van der Waals surface area contributed by atoms with E-state index in [9.17, 15) is 13.2 Å². The molecule has 1 aliphatic rings. The highest BCUT2D eigenvalue weighted by Gasteiger charge is 2.39. The second kappa shape index (κ2) is 4.83. The van der Waals surface area contributed by atoms with E-state index < -0.39 is 12.0 Å². The molecule has 0 aliphatic carbocycles. The van der Waals surface area contributed by atoms with E-state index in [1.54, 1.807) is 4.90 Å². The Balaban J connectivity index is 1.92. The topological polar surface area (TPSA) is 85.8 Å². The Morgan fingerprint density at radius 1 is 1.24 bits per heavy atom. The summed E-state index contributed by atoms with van der Waals surface area (Å²) in [7, 11) is 0. The van der Waals surface area contributed by atoms with Crippen molar-refractivity contribution in [1.29, 1.82) is 0 Å². The number of fused-ring (bicyclic) bond motifs is 1. The number of aromatic nitrogens is 5. The van der Waals surface area contributed by atoms with E-state index in [4.69, 9.17) is 5.73 Å². The van der Waals surface area contributed by atoms with Gasteiger partial charge in [0.1, 0.15) is 5.82 Å². The van der Waals surface area contributed by atoms with Crippen LogP contribution >= 0.6 is 15.9 Å². The second-order valence-electron chi connectivity index (χ2n) is 4.41. The average molecular weight is 364 g/mol. The molecular weight excluding hydrogens is 355 g/mol. The molecule has 0 saturated heterocycles.